The molecule has 0 heterocycles. The molecule has 3 unspecified atom stereocenters. The summed E-state index contributed by atoms with van der Waals surface area (Å²) in [5, 5.41) is 9.09. The molecule has 1 aliphatic carbocycles. The monoisotopic (exact) mass is 375 g/mol. The highest BCUT2D eigenvalue weighted by atomic mass is 79.9. The normalized spacial score (nSPS) is 26.8. The molecule has 4 nitrogen and oxygen atoms in total. The lowest BCUT2D eigenvalue weighted by molar-refractivity contribution is 0.249. The smallest absolute Gasteiger partial charge is 0.241 e. The Hall–Kier alpha value is -0.430. The number of sulfonamides is 1. The van der Waals surface area contributed by atoms with Gasteiger partial charge in [-0.2, -0.15) is 0 Å². The maximum atomic E-state index is 12.5. The average Bonchev–Trinajstić information content (AvgIpc) is 2.41. The number of benzene rings is 1. The number of halogens is 1. The zero-order chi connectivity index (χ0) is 15.6. The van der Waals surface area contributed by atoms with E-state index in [-0.39, 0.29) is 17.5 Å². The fourth-order valence-corrected chi connectivity index (χ4v) is 5.47. The highest BCUT2D eigenvalue weighted by molar-refractivity contribution is 9.10. The van der Waals surface area contributed by atoms with Gasteiger partial charge in [-0.25, -0.2) is 13.1 Å². The zero-order valence-corrected chi connectivity index (χ0v) is 14.7. The van der Waals surface area contributed by atoms with Gasteiger partial charge in [0.15, 0.2) is 0 Å². The van der Waals surface area contributed by atoms with Gasteiger partial charge in [0.25, 0.3) is 0 Å². The first-order valence-corrected chi connectivity index (χ1v) is 9.52. The van der Waals surface area contributed by atoms with E-state index in [1.807, 2.05) is 0 Å². The van der Waals surface area contributed by atoms with E-state index in [4.69, 9.17) is 5.11 Å². The Morgan fingerprint density at radius 3 is 2.62 bits per heavy atom. The van der Waals surface area contributed by atoms with E-state index >= 15 is 0 Å². The first kappa shape index (κ1) is 16.9. The first-order chi connectivity index (χ1) is 9.83. The van der Waals surface area contributed by atoms with Crippen molar-refractivity contribution in [1.29, 1.82) is 0 Å². The van der Waals surface area contributed by atoms with Gasteiger partial charge in [0.05, 0.1) is 11.5 Å². The molecule has 118 valence electrons. The van der Waals surface area contributed by atoms with Crippen molar-refractivity contribution in [2.75, 3.05) is 0 Å². The van der Waals surface area contributed by atoms with Gasteiger partial charge in [-0.1, -0.05) is 19.9 Å². The van der Waals surface area contributed by atoms with Gasteiger partial charge in [0, 0.05) is 10.5 Å². The number of aliphatic hydroxyl groups is 1. The van der Waals surface area contributed by atoms with Gasteiger partial charge in [0.2, 0.25) is 10.0 Å². The second kappa shape index (κ2) is 6.77. The molecule has 0 aliphatic heterocycles. The van der Waals surface area contributed by atoms with Gasteiger partial charge in [-0.15, -0.1) is 0 Å². The molecule has 1 aromatic rings. The fraction of sp³-hybridized carbons (Fsp3) is 0.600. The molecule has 1 aliphatic rings. The van der Waals surface area contributed by atoms with E-state index in [1.165, 1.54) is 6.07 Å². The van der Waals surface area contributed by atoms with E-state index < -0.39 is 10.0 Å². The van der Waals surface area contributed by atoms with E-state index in [1.54, 1.807) is 12.1 Å². The summed E-state index contributed by atoms with van der Waals surface area (Å²) in [5.74, 6) is 1.01. The van der Waals surface area contributed by atoms with Crippen molar-refractivity contribution >= 4 is 26.0 Å². The van der Waals surface area contributed by atoms with Gasteiger partial charge in [-0.3, -0.25) is 0 Å². The van der Waals surface area contributed by atoms with Gasteiger partial charge in [0.1, 0.15) is 0 Å². The van der Waals surface area contributed by atoms with Crippen LogP contribution in [-0.2, 0) is 16.6 Å². The molecule has 2 rings (SSSR count). The van der Waals surface area contributed by atoms with Crippen LogP contribution >= 0.6 is 15.9 Å². The van der Waals surface area contributed by atoms with E-state index in [0.29, 0.717) is 21.9 Å². The van der Waals surface area contributed by atoms with Gasteiger partial charge in [-0.05, 0) is 64.7 Å². The molecule has 1 aromatic carbocycles. The summed E-state index contributed by atoms with van der Waals surface area (Å²) in [6, 6.07) is 4.80. The number of aliphatic hydroxyl groups excluding tert-OH is 1. The van der Waals surface area contributed by atoms with Gasteiger partial charge >= 0.3 is 0 Å². The van der Waals surface area contributed by atoms with Crippen LogP contribution in [0.25, 0.3) is 0 Å². The Morgan fingerprint density at radius 2 is 2.05 bits per heavy atom. The van der Waals surface area contributed by atoms with Crippen molar-refractivity contribution in [2.24, 2.45) is 11.8 Å². The molecule has 3 atom stereocenters. The molecule has 0 saturated heterocycles. The molecule has 21 heavy (non-hydrogen) atoms. The van der Waals surface area contributed by atoms with Crippen molar-refractivity contribution in [2.45, 2.75) is 50.7 Å². The Bertz CT molecular complexity index is 603. The predicted octanol–water partition coefficient (Wildman–Crippen LogP) is 3.04. The number of hydrogen-bond donors (Lipinski definition) is 2. The SMILES string of the molecule is CC1CCC(NS(=O)(=O)c2ccc(CO)cc2Br)C(C)C1. The lowest BCUT2D eigenvalue weighted by Gasteiger charge is -2.33. The van der Waals surface area contributed by atoms with Crippen molar-refractivity contribution < 1.29 is 13.5 Å². The van der Waals surface area contributed by atoms with Crippen LogP contribution in [0, 0.1) is 11.8 Å². The van der Waals surface area contributed by atoms with Crippen LogP contribution in [0.4, 0.5) is 0 Å². The minimum atomic E-state index is -3.54. The standard InChI is InChI=1S/C15H22BrNO3S/c1-10-3-5-14(11(2)7-10)17-21(19,20)15-6-4-12(9-18)8-13(15)16/h4,6,8,10-11,14,17-18H,3,5,7,9H2,1-2H3. The summed E-state index contributed by atoms with van der Waals surface area (Å²) >= 11 is 3.28. The van der Waals surface area contributed by atoms with Crippen LogP contribution in [0.3, 0.4) is 0 Å². The molecule has 0 amide bonds. The van der Waals surface area contributed by atoms with Crippen molar-refractivity contribution in [1.82, 2.24) is 4.72 Å². The highest BCUT2D eigenvalue weighted by Crippen LogP contribution is 2.30. The third kappa shape index (κ3) is 4.06. The molecular weight excluding hydrogens is 354 g/mol. The first-order valence-electron chi connectivity index (χ1n) is 7.25. The predicted molar refractivity (Wildman–Crippen MR) is 86.4 cm³/mol. The third-order valence-corrected chi connectivity index (χ3v) is 6.67. The Labute approximate surface area is 135 Å². The Kier molecular flexibility index (Phi) is 5.46. The second-order valence-electron chi connectivity index (χ2n) is 6.05. The van der Waals surface area contributed by atoms with Crippen LogP contribution in [-0.4, -0.2) is 19.6 Å². The van der Waals surface area contributed by atoms with Gasteiger partial charge < -0.3 is 5.11 Å². The summed E-state index contributed by atoms with van der Waals surface area (Å²) < 4.78 is 28.4. The van der Waals surface area contributed by atoms with Crippen molar-refractivity contribution in [3.05, 3.63) is 28.2 Å². The number of rotatable bonds is 4. The maximum absolute atomic E-state index is 12.5. The van der Waals surface area contributed by atoms with E-state index in [0.717, 1.165) is 19.3 Å². The highest BCUT2D eigenvalue weighted by Gasteiger charge is 2.30. The minimum Gasteiger partial charge on any atom is -0.392 e. The molecule has 0 spiro atoms. The summed E-state index contributed by atoms with van der Waals surface area (Å²) in [6.45, 7) is 4.21. The average molecular weight is 376 g/mol. The Morgan fingerprint density at radius 1 is 1.33 bits per heavy atom. The maximum Gasteiger partial charge on any atom is 0.241 e. The van der Waals surface area contributed by atoms with Crippen LogP contribution in [0.1, 0.15) is 38.7 Å². The third-order valence-electron chi connectivity index (χ3n) is 4.21. The lowest BCUT2D eigenvalue weighted by atomic mass is 9.80. The van der Waals surface area contributed by atoms with E-state index in [9.17, 15) is 8.42 Å². The molecule has 1 fully saturated rings. The number of nitrogens with one attached hydrogen (secondary N) is 1. The molecule has 0 aromatic heterocycles. The Balaban J connectivity index is 2.19. The van der Waals surface area contributed by atoms with Crippen molar-refractivity contribution in [3.8, 4) is 0 Å². The molecule has 0 bridgehead atoms. The summed E-state index contributed by atoms with van der Waals surface area (Å²) in [5.41, 5.74) is 0.681. The fourth-order valence-electron chi connectivity index (χ4n) is 2.96. The molecule has 0 radical (unpaired) electrons. The van der Waals surface area contributed by atoms with Crippen LogP contribution in [0.15, 0.2) is 27.6 Å². The summed E-state index contributed by atoms with van der Waals surface area (Å²) in [4.78, 5) is 0.227. The quantitative estimate of drug-likeness (QED) is 0.849. The summed E-state index contributed by atoms with van der Waals surface area (Å²) in [6.07, 6.45) is 2.99. The summed E-state index contributed by atoms with van der Waals surface area (Å²) in [7, 11) is -3.54. The largest absolute Gasteiger partial charge is 0.392 e. The molecule has 2 N–H and O–H groups in total. The molecular formula is C15H22BrNO3S. The molecule has 1 saturated carbocycles. The topological polar surface area (TPSA) is 66.4 Å². The van der Waals surface area contributed by atoms with Crippen LogP contribution in [0.2, 0.25) is 0 Å². The zero-order valence-electron chi connectivity index (χ0n) is 12.3. The second-order valence-corrected chi connectivity index (χ2v) is 8.58. The van der Waals surface area contributed by atoms with E-state index in [2.05, 4.69) is 34.5 Å². The lowest BCUT2D eigenvalue weighted by Crippen LogP contribution is -2.42. The minimum absolute atomic E-state index is 0.00406. The van der Waals surface area contributed by atoms with Crippen LogP contribution < -0.4 is 4.72 Å². The number of hydrogen-bond acceptors (Lipinski definition) is 3. The molecule has 6 heteroatoms. The van der Waals surface area contributed by atoms with Crippen molar-refractivity contribution in [3.63, 3.8) is 0 Å². The van der Waals surface area contributed by atoms with Crippen LogP contribution in [0.5, 0.6) is 0 Å².